The van der Waals surface area contributed by atoms with Crippen LogP contribution in [0.25, 0.3) is 0 Å². The highest BCUT2D eigenvalue weighted by Gasteiger charge is 2.32. The highest BCUT2D eigenvalue weighted by Crippen LogP contribution is 2.26. The molecular formula is C23H34BrN5O4. The molecule has 3 fully saturated rings. The minimum Gasteiger partial charge on any atom is -0.480 e. The SMILES string of the molecule is COc1nc(N)c(Br)cc1C(=O)NC1CCN(CC2CCN(C(=O)[C@H]3CCCO3)CC2)CC1. The van der Waals surface area contributed by atoms with Crippen LogP contribution < -0.4 is 15.8 Å². The number of pyridine rings is 1. The molecule has 0 spiro atoms. The Labute approximate surface area is 203 Å². The summed E-state index contributed by atoms with van der Waals surface area (Å²) in [7, 11) is 1.48. The molecule has 1 atom stereocenters. The molecule has 1 aromatic rings. The van der Waals surface area contributed by atoms with E-state index < -0.39 is 0 Å². The molecule has 2 amide bonds. The maximum atomic E-state index is 12.8. The van der Waals surface area contributed by atoms with Gasteiger partial charge in [0.2, 0.25) is 5.88 Å². The number of rotatable bonds is 6. The predicted octanol–water partition coefficient (Wildman–Crippen LogP) is 2.05. The Morgan fingerprint density at radius 3 is 2.58 bits per heavy atom. The van der Waals surface area contributed by atoms with E-state index in [-0.39, 0.29) is 29.8 Å². The molecule has 0 bridgehead atoms. The lowest BCUT2D eigenvalue weighted by molar-refractivity contribution is -0.142. The van der Waals surface area contributed by atoms with Crippen molar-refractivity contribution in [2.24, 2.45) is 5.92 Å². The van der Waals surface area contributed by atoms with E-state index in [0.717, 1.165) is 71.2 Å². The molecule has 0 radical (unpaired) electrons. The number of nitrogen functional groups attached to an aromatic ring is 1. The number of hydrogen-bond acceptors (Lipinski definition) is 7. The third-order valence-corrected chi connectivity index (χ3v) is 7.61. The molecular weight excluding hydrogens is 490 g/mol. The summed E-state index contributed by atoms with van der Waals surface area (Å²) in [5, 5.41) is 3.12. The second-order valence-electron chi connectivity index (χ2n) is 9.23. The van der Waals surface area contributed by atoms with Crippen LogP contribution in [0, 0.1) is 5.92 Å². The van der Waals surface area contributed by atoms with Gasteiger partial charge in [-0.25, -0.2) is 0 Å². The number of nitrogens with one attached hydrogen (secondary N) is 1. The maximum absolute atomic E-state index is 12.8. The van der Waals surface area contributed by atoms with E-state index in [2.05, 4.69) is 31.1 Å². The molecule has 33 heavy (non-hydrogen) atoms. The van der Waals surface area contributed by atoms with E-state index in [9.17, 15) is 9.59 Å². The minimum absolute atomic E-state index is 0.126. The van der Waals surface area contributed by atoms with Gasteiger partial charge in [-0.3, -0.25) is 9.59 Å². The Morgan fingerprint density at radius 2 is 1.94 bits per heavy atom. The quantitative estimate of drug-likeness (QED) is 0.586. The number of likely N-dealkylation sites (tertiary alicyclic amines) is 2. The molecule has 3 saturated heterocycles. The first-order chi connectivity index (χ1) is 15.9. The molecule has 182 valence electrons. The molecule has 1 aromatic heterocycles. The highest BCUT2D eigenvalue weighted by molar-refractivity contribution is 9.10. The fraction of sp³-hybridized carbons (Fsp3) is 0.696. The lowest BCUT2D eigenvalue weighted by Gasteiger charge is -2.38. The van der Waals surface area contributed by atoms with Gasteiger partial charge >= 0.3 is 0 Å². The van der Waals surface area contributed by atoms with E-state index in [4.69, 9.17) is 15.2 Å². The van der Waals surface area contributed by atoms with Crippen molar-refractivity contribution in [2.75, 3.05) is 52.2 Å². The monoisotopic (exact) mass is 523 g/mol. The number of carbonyl (C=O) groups is 2. The second kappa shape index (κ2) is 11.0. The van der Waals surface area contributed by atoms with Crippen molar-refractivity contribution in [3.8, 4) is 5.88 Å². The maximum Gasteiger partial charge on any atom is 0.257 e. The van der Waals surface area contributed by atoms with Gasteiger partial charge in [0.25, 0.3) is 11.8 Å². The van der Waals surface area contributed by atoms with E-state index in [0.29, 0.717) is 28.4 Å². The summed E-state index contributed by atoms with van der Waals surface area (Å²) in [6.45, 7) is 5.37. The van der Waals surface area contributed by atoms with E-state index in [1.54, 1.807) is 6.07 Å². The molecule has 0 saturated carbocycles. The van der Waals surface area contributed by atoms with Crippen molar-refractivity contribution in [1.82, 2.24) is 20.1 Å². The van der Waals surface area contributed by atoms with Gasteiger partial charge in [-0.1, -0.05) is 0 Å². The topological polar surface area (TPSA) is 110 Å². The molecule has 3 N–H and O–H groups in total. The van der Waals surface area contributed by atoms with Crippen LogP contribution in [-0.4, -0.2) is 85.2 Å². The van der Waals surface area contributed by atoms with Crippen LogP contribution in [0.3, 0.4) is 0 Å². The van der Waals surface area contributed by atoms with E-state index in [1.165, 1.54) is 7.11 Å². The zero-order valence-electron chi connectivity index (χ0n) is 19.2. The fourth-order valence-electron chi connectivity index (χ4n) is 5.00. The Morgan fingerprint density at radius 1 is 1.21 bits per heavy atom. The molecule has 10 heteroatoms. The van der Waals surface area contributed by atoms with Crippen molar-refractivity contribution < 1.29 is 19.1 Å². The number of halogens is 1. The minimum atomic E-state index is -0.208. The Balaban J connectivity index is 1.19. The van der Waals surface area contributed by atoms with Crippen molar-refractivity contribution >= 4 is 33.6 Å². The number of methoxy groups -OCH3 is 1. The first-order valence-corrected chi connectivity index (χ1v) is 12.7. The molecule has 0 aliphatic carbocycles. The van der Waals surface area contributed by atoms with Crippen LogP contribution in [0.15, 0.2) is 10.5 Å². The summed E-state index contributed by atoms with van der Waals surface area (Å²) in [5.41, 5.74) is 6.17. The van der Waals surface area contributed by atoms with Gasteiger partial charge in [-0.15, -0.1) is 0 Å². The van der Waals surface area contributed by atoms with Crippen LogP contribution >= 0.6 is 15.9 Å². The summed E-state index contributed by atoms with van der Waals surface area (Å²) >= 11 is 3.33. The van der Waals surface area contributed by atoms with E-state index in [1.807, 2.05) is 4.90 Å². The van der Waals surface area contributed by atoms with Gasteiger partial charge in [0.05, 0.1) is 11.6 Å². The number of amides is 2. The van der Waals surface area contributed by atoms with Gasteiger partial charge in [0, 0.05) is 45.4 Å². The Kier molecular flexibility index (Phi) is 8.08. The van der Waals surface area contributed by atoms with Gasteiger partial charge in [0.1, 0.15) is 17.5 Å². The van der Waals surface area contributed by atoms with Crippen molar-refractivity contribution in [2.45, 2.75) is 50.7 Å². The van der Waals surface area contributed by atoms with Crippen LogP contribution in [0.2, 0.25) is 0 Å². The van der Waals surface area contributed by atoms with Gasteiger partial charge in [0.15, 0.2) is 0 Å². The molecule has 4 heterocycles. The first-order valence-electron chi connectivity index (χ1n) is 11.9. The lowest BCUT2D eigenvalue weighted by Crippen LogP contribution is -2.48. The average molecular weight is 524 g/mol. The van der Waals surface area contributed by atoms with Crippen molar-refractivity contribution in [3.63, 3.8) is 0 Å². The predicted molar refractivity (Wildman–Crippen MR) is 128 cm³/mol. The fourth-order valence-corrected chi connectivity index (χ4v) is 5.32. The zero-order chi connectivity index (χ0) is 23.4. The van der Waals surface area contributed by atoms with Crippen LogP contribution in [0.5, 0.6) is 5.88 Å². The molecule has 9 nitrogen and oxygen atoms in total. The van der Waals surface area contributed by atoms with Crippen LogP contribution in [-0.2, 0) is 9.53 Å². The zero-order valence-corrected chi connectivity index (χ0v) is 20.8. The summed E-state index contributed by atoms with van der Waals surface area (Å²) < 4.78 is 11.4. The highest BCUT2D eigenvalue weighted by atomic mass is 79.9. The number of carbonyl (C=O) groups excluding carboxylic acids is 2. The van der Waals surface area contributed by atoms with Gasteiger partial charge < -0.3 is 30.3 Å². The number of hydrogen-bond donors (Lipinski definition) is 2. The number of ether oxygens (including phenoxy) is 2. The number of nitrogens with two attached hydrogens (primary N) is 1. The standard InChI is InChI=1S/C23H34BrN5O4/c1-32-22-17(13-18(24)20(25)27-22)21(30)26-16-6-8-28(9-7-16)14-15-4-10-29(11-5-15)23(31)19-3-2-12-33-19/h13,15-16,19H,2-12,14H2,1H3,(H2,25,27)(H,26,30)/t19-/m1/s1. The van der Waals surface area contributed by atoms with Crippen LogP contribution in [0.4, 0.5) is 5.82 Å². The summed E-state index contributed by atoms with van der Waals surface area (Å²) in [6.07, 6.45) is 5.57. The van der Waals surface area contributed by atoms with Gasteiger partial charge in [-0.2, -0.15) is 4.98 Å². The average Bonchev–Trinajstić information content (AvgIpc) is 3.37. The van der Waals surface area contributed by atoms with Crippen molar-refractivity contribution in [1.29, 1.82) is 0 Å². The largest absolute Gasteiger partial charge is 0.480 e. The first kappa shape index (κ1) is 24.2. The number of piperidine rings is 2. The summed E-state index contributed by atoms with van der Waals surface area (Å²) in [4.78, 5) is 33.9. The molecule has 4 rings (SSSR count). The smallest absolute Gasteiger partial charge is 0.257 e. The summed E-state index contributed by atoms with van der Waals surface area (Å²) in [6, 6.07) is 1.78. The number of aromatic nitrogens is 1. The summed E-state index contributed by atoms with van der Waals surface area (Å²) in [5.74, 6) is 1.13. The molecule has 0 aromatic carbocycles. The third kappa shape index (κ3) is 5.96. The Bertz CT molecular complexity index is 847. The lowest BCUT2D eigenvalue weighted by atomic mass is 9.94. The molecule has 3 aliphatic rings. The van der Waals surface area contributed by atoms with Crippen molar-refractivity contribution in [3.05, 3.63) is 16.1 Å². The Hall–Kier alpha value is -1.91. The van der Waals surface area contributed by atoms with Crippen LogP contribution in [0.1, 0.15) is 48.9 Å². The number of nitrogens with zero attached hydrogens (tertiary/aromatic N) is 3. The molecule has 0 unspecified atom stereocenters. The molecule has 3 aliphatic heterocycles. The third-order valence-electron chi connectivity index (χ3n) is 6.98. The normalized spacial score (nSPS) is 23.0. The second-order valence-corrected chi connectivity index (χ2v) is 10.1. The van der Waals surface area contributed by atoms with E-state index >= 15 is 0 Å². The van der Waals surface area contributed by atoms with Gasteiger partial charge in [-0.05, 0) is 66.4 Å². The number of anilines is 1.